The Hall–Kier alpha value is -3.62. The molecule has 0 saturated heterocycles. The molecule has 2 aromatic rings. The van der Waals surface area contributed by atoms with Crippen molar-refractivity contribution >= 4 is 23.9 Å². The van der Waals surface area contributed by atoms with Crippen LogP contribution in [-0.2, 0) is 11.2 Å². The van der Waals surface area contributed by atoms with Crippen molar-refractivity contribution in [1.29, 1.82) is 0 Å². The maximum atomic E-state index is 12.1. The predicted molar refractivity (Wildman–Crippen MR) is 124 cm³/mol. The van der Waals surface area contributed by atoms with Crippen molar-refractivity contribution in [3.8, 4) is 5.88 Å². The molecule has 0 saturated carbocycles. The molecule has 172 valence electrons. The number of urea groups is 1. The first kappa shape index (κ1) is 24.6. The first-order valence-corrected chi connectivity index (χ1v) is 10.4. The minimum atomic E-state index is -0.913. The van der Waals surface area contributed by atoms with Crippen molar-refractivity contribution in [2.45, 2.75) is 19.3 Å². The second-order valence-electron chi connectivity index (χ2n) is 7.28. The fourth-order valence-corrected chi connectivity index (χ4v) is 2.96. The van der Waals surface area contributed by atoms with E-state index in [-0.39, 0.29) is 19.0 Å². The zero-order valence-electron chi connectivity index (χ0n) is 18.8. The molecule has 0 spiro atoms. The van der Waals surface area contributed by atoms with Gasteiger partial charge in [0, 0.05) is 46.0 Å². The number of aliphatic carboxylic acids is 1. The number of rotatable bonds is 7. The molecular formula is C23H31N5O4. The molecule has 1 aliphatic heterocycles. The first-order valence-electron chi connectivity index (χ1n) is 10.4. The average Bonchev–Trinajstić information content (AvgIpc) is 2.82. The van der Waals surface area contributed by atoms with Gasteiger partial charge in [-0.1, -0.05) is 18.2 Å². The first-order chi connectivity index (χ1) is 15.4. The Balaban J connectivity index is 0.000000380. The maximum Gasteiger partial charge on any atom is 0.319 e. The van der Waals surface area contributed by atoms with E-state index in [0.29, 0.717) is 12.4 Å². The van der Waals surface area contributed by atoms with E-state index in [2.05, 4.69) is 21.4 Å². The third kappa shape index (κ3) is 8.25. The van der Waals surface area contributed by atoms with Gasteiger partial charge >= 0.3 is 12.0 Å². The smallest absolute Gasteiger partial charge is 0.319 e. The normalized spacial score (nSPS) is 12.1. The molecule has 0 atom stereocenters. The number of carboxylic acids is 1. The van der Waals surface area contributed by atoms with Gasteiger partial charge < -0.3 is 25.0 Å². The molecule has 0 unspecified atom stereocenters. The summed E-state index contributed by atoms with van der Waals surface area (Å²) in [5.41, 5.74) is 2.09. The highest BCUT2D eigenvalue weighted by atomic mass is 16.5. The zero-order valence-corrected chi connectivity index (χ0v) is 18.8. The number of likely N-dealkylation sites (N-methyl/N-ethyl adjacent to an activating group) is 1. The number of hydrogen-bond donors (Lipinski definition) is 2. The van der Waals surface area contributed by atoms with Gasteiger partial charge in [0.15, 0.2) is 0 Å². The van der Waals surface area contributed by atoms with Crippen LogP contribution in [0.1, 0.15) is 24.1 Å². The number of aryl methyl sites for hydroxylation is 1. The lowest BCUT2D eigenvalue weighted by Gasteiger charge is -2.23. The average molecular weight is 442 g/mol. The minimum absolute atomic E-state index is 0.0576. The SMILES string of the molecule is CN(C/C=C\c1ccc2c(n1)NCCC2)C(=O)N(C)CCC(=O)O.COc1ccccn1. The monoisotopic (exact) mass is 441 g/mol. The molecule has 1 aliphatic rings. The number of fused-ring (bicyclic) bond motifs is 1. The maximum absolute atomic E-state index is 12.1. The van der Waals surface area contributed by atoms with Gasteiger partial charge in [-0.15, -0.1) is 0 Å². The second-order valence-corrected chi connectivity index (χ2v) is 7.28. The number of anilines is 1. The van der Waals surface area contributed by atoms with Gasteiger partial charge in [0.25, 0.3) is 0 Å². The molecule has 9 nitrogen and oxygen atoms in total. The molecule has 0 aliphatic carbocycles. The van der Waals surface area contributed by atoms with E-state index in [1.165, 1.54) is 15.4 Å². The minimum Gasteiger partial charge on any atom is -0.481 e. The fraction of sp³-hybridized carbons (Fsp3) is 0.391. The number of hydrogen-bond acceptors (Lipinski definition) is 6. The van der Waals surface area contributed by atoms with E-state index in [1.807, 2.05) is 30.4 Å². The van der Waals surface area contributed by atoms with Crippen LogP contribution >= 0.6 is 0 Å². The van der Waals surface area contributed by atoms with Gasteiger partial charge in [0.2, 0.25) is 5.88 Å². The Kier molecular flexibility index (Phi) is 9.96. The molecule has 9 heteroatoms. The quantitative estimate of drug-likeness (QED) is 0.680. The van der Waals surface area contributed by atoms with Crippen LogP contribution in [0.3, 0.4) is 0 Å². The van der Waals surface area contributed by atoms with E-state index in [1.54, 1.807) is 33.5 Å². The van der Waals surface area contributed by atoms with Crippen molar-refractivity contribution < 1.29 is 19.4 Å². The number of amides is 2. The molecule has 3 heterocycles. The molecule has 0 fully saturated rings. The lowest BCUT2D eigenvalue weighted by Crippen LogP contribution is -2.39. The number of carboxylic acid groups (broad SMARTS) is 1. The topological polar surface area (TPSA) is 108 Å². The standard InChI is InChI=1S/C17H24N4O3.C6H7NO/c1-20(17(24)21(2)12-9-15(22)23)11-4-6-14-8-7-13-5-3-10-18-16(13)19-14;1-8-6-4-2-3-5-7-6/h4,6-8H,3,5,9-12H2,1-2H3,(H,18,19)(H,22,23);2-5H,1H3/b6-4-;. The molecule has 0 bridgehead atoms. The summed E-state index contributed by atoms with van der Waals surface area (Å²) in [4.78, 5) is 34.0. The lowest BCUT2D eigenvalue weighted by molar-refractivity contribution is -0.137. The summed E-state index contributed by atoms with van der Waals surface area (Å²) in [5, 5.41) is 12.0. The molecule has 2 aromatic heterocycles. The highest BCUT2D eigenvalue weighted by Gasteiger charge is 2.14. The van der Waals surface area contributed by atoms with Gasteiger partial charge in [-0.3, -0.25) is 4.79 Å². The van der Waals surface area contributed by atoms with Crippen LogP contribution in [0.25, 0.3) is 6.08 Å². The summed E-state index contributed by atoms with van der Waals surface area (Å²) in [7, 11) is 4.89. The highest BCUT2D eigenvalue weighted by molar-refractivity contribution is 5.75. The van der Waals surface area contributed by atoms with Crippen molar-refractivity contribution in [2.24, 2.45) is 0 Å². The highest BCUT2D eigenvalue weighted by Crippen LogP contribution is 2.20. The van der Waals surface area contributed by atoms with Crippen molar-refractivity contribution in [3.63, 3.8) is 0 Å². The van der Waals surface area contributed by atoms with Crippen LogP contribution in [0.4, 0.5) is 10.6 Å². The van der Waals surface area contributed by atoms with Crippen LogP contribution in [0, 0.1) is 0 Å². The molecule has 32 heavy (non-hydrogen) atoms. The summed E-state index contributed by atoms with van der Waals surface area (Å²) >= 11 is 0. The summed E-state index contributed by atoms with van der Waals surface area (Å²) in [6.07, 6.45) is 7.58. The van der Waals surface area contributed by atoms with Crippen LogP contribution in [0.5, 0.6) is 5.88 Å². The molecule has 0 radical (unpaired) electrons. The number of nitrogens with one attached hydrogen (secondary N) is 1. The van der Waals surface area contributed by atoms with E-state index < -0.39 is 5.97 Å². The lowest BCUT2D eigenvalue weighted by atomic mass is 10.1. The molecule has 3 rings (SSSR count). The Morgan fingerprint density at radius 2 is 2.03 bits per heavy atom. The van der Waals surface area contributed by atoms with Gasteiger partial charge in [-0.2, -0.15) is 0 Å². The Morgan fingerprint density at radius 3 is 2.69 bits per heavy atom. The molecular weight excluding hydrogens is 410 g/mol. The van der Waals surface area contributed by atoms with Crippen LogP contribution in [0.2, 0.25) is 0 Å². The summed E-state index contributed by atoms with van der Waals surface area (Å²) < 4.78 is 4.80. The van der Waals surface area contributed by atoms with Crippen LogP contribution < -0.4 is 10.1 Å². The number of ether oxygens (including phenoxy) is 1. The van der Waals surface area contributed by atoms with Gasteiger partial charge in [0.05, 0.1) is 19.2 Å². The van der Waals surface area contributed by atoms with Gasteiger partial charge in [0.1, 0.15) is 5.82 Å². The Morgan fingerprint density at radius 1 is 1.22 bits per heavy atom. The summed E-state index contributed by atoms with van der Waals surface area (Å²) in [5.74, 6) is 0.693. The molecule has 2 N–H and O–H groups in total. The van der Waals surface area contributed by atoms with Crippen LogP contribution in [0.15, 0.2) is 42.6 Å². The van der Waals surface area contributed by atoms with Crippen molar-refractivity contribution in [1.82, 2.24) is 19.8 Å². The number of nitrogens with zero attached hydrogens (tertiary/aromatic N) is 4. The Bertz CT molecular complexity index is 905. The van der Waals surface area contributed by atoms with Gasteiger partial charge in [-0.25, -0.2) is 14.8 Å². The van der Waals surface area contributed by atoms with E-state index in [4.69, 9.17) is 9.84 Å². The zero-order chi connectivity index (χ0) is 23.3. The molecule has 2 amide bonds. The van der Waals surface area contributed by atoms with E-state index in [9.17, 15) is 9.59 Å². The fourth-order valence-electron chi connectivity index (χ4n) is 2.96. The molecule has 0 aromatic carbocycles. The number of methoxy groups -OCH3 is 1. The third-order valence-electron chi connectivity index (χ3n) is 4.74. The van der Waals surface area contributed by atoms with E-state index in [0.717, 1.165) is 30.9 Å². The van der Waals surface area contributed by atoms with Crippen molar-refractivity contribution in [3.05, 3.63) is 53.9 Å². The van der Waals surface area contributed by atoms with Gasteiger partial charge in [-0.05, 0) is 36.6 Å². The largest absolute Gasteiger partial charge is 0.481 e. The Labute approximate surface area is 188 Å². The third-order valence-corrected chi connectivity index (χ3v) is 4.74. The number of aromatic nitrogens is 2. The number of pyridine rings is 2. The van der Waals surface area contributed by atoms with E-state index >= 15 is 0 Å². The summed E-state index contributed by atoms with van der Waals surface area (Å²) in [6, 6.07) is 9.39. The number of carbonyl (C=O) groups excluding carboxylic acids is 1. The van der Waals surface area contributed by atoms with Crippen molar-refractivity contribution in [2.75, 3.05) is 46.2 Å². The number of carbonyl (C=O) groups is 2. The van der Waals surface area contributed by atoms with Crippen LogP contribution in [-0.4, -0.2) is 77.7 Å². The summed E-state index contributed by atoms with van der Waals surface area (Å²) in [6.45, 7) is 1.58. The predicted octanol–water partition coefficient (Wildman–Crippen LogP) is 3.00. The second kappa shape index (κ2) is 12.9.